The molecular formula is C17H17Cl2NS. The number of hydrogen-bond donors (Lipinski definition) is 1. The maximum Gasteiger partial charge on any atom is 0.0595 e. The molecule has 0 aromatic heterocycles. The topological polar surface area (TPSA) is 12.0 Å². The molecule has 0 atom stereocenters. The van der Waals surface area contributed by atoms with Crippen LogP contribution in [-0.4, -0.2) is 6.04 Å². The fourth-order valence-electron chi connectivity index (χ4n) is 2.09. The minimum Gasteiger partial charge on any atom is -0.310 e. The van der Waals surface area contributed by atoms with Gasteiger partial charge in [0.25, 0.3) is 0 Å². The molecule has 4 heteroatoms. The van der Waals surface area contributed by atoms with Crippen molar-refractivity contribution in [2.24, 2.45) is 0 Å². The highest BCUT2D eigenvalue weighted by Gasteiger charge is 2.19. The highest BCUT2D eigenvalue weighted by atomic mass is 35.5. The Hall–Kier alpha value is -0.670. The average molecular weight is 338 g/mol. The smallest absolute Gasteiger partial charge is 0.0595 e. The van der Waals surface area contributed by atoms with E-state index in [4.69, 9.17) is 23.2 Å². The van der Waals surface area contributed by atoms with Crippen LogP contribution in [0.3, 0.4) is 0 Å². The van der Waals surface area contributed by atoms with E-state index in [0.29, 0.717) is 10.0 Å². The summed E-state index contributed by atoms with van der Waals surface area (Å²) < 4.78 is 0. The molecule has 1 nitrogen and oxygen atoms in total. The van der Waals surface area contributed by atoms with Crippen LogP contribution < -0.4 is 5.32 Å². The maximum atomic E-state index is 6.05. The number of hydrogen-bond acceptors (Lipinski definition) is 2. The highest BCUT2D eigenvalue weighted by Crippen LogP contribution is 2.28. The van der Waals surface area contributed by atoms with Crippen LogP contribution in [0, 0.1) is 0 Å². The van der Waals surface area contributed by atoms with Crippen molar-refractivity contribution in [1.29, 1.82) is 0 Å². The summed E-state index contributed by atoms with van der Waals surface area (Å²) in [7, 11) is 0. The normalized spacial score (nSPS) is 14.4. The summed E-state index contributed by atoms with van der Waals surface area (Å²) >= 11 is 13.8. The van der Waals surface area contributed by atoms with E-state index in [1.165, 1.54) is 28.9 Å². The number of benzene rings is 2. The van der Waals surface area contributed by atoms with Crippen molar-refractivity contribution >= 4 is 35.0 Å². The minimum absolute atomic E-state index is 0.610. The van der Waals surface area contributed by atoms with Crippen LogP contribution in [0.4, 0.5) is 0 Å². The van der Waals surface area contributed by atoms with Crippen LogP contribution >= 0.6 is 35.0 Å². The molecular weight excluding hydrogens is 321 g/mol. The quantitative estimate of drug-likeness (QED) is 0.694. The third-order valence-electron chi connectivity index (χ3n) is 3.46. The number of nitrogens with one attached hydrogen (secondary N) is 1. The molecule has 3 rings (SSSR count). The molecule has 1 aliphatic carbocycles. The van der Waals surface area contributed by atoms with Gasteiger partial charge in [-0.2, -0.15) is 0 Å². The van der Waals surface area contributed by atoms with E-state index in [0.717, 1.165) is 18.3 Å². The van der Waals surface area contributed by atoms with Crippen molar-refractivity contribution < 1.29 is 0 Å². The van der Waals surface area contributed by atoms with Gasteiger partial charge in [0.1, 0.15) is 0 Å². The van der Waals surface area contributed by atoms with Crippen molar-refractivity contribution in [3.8, 4) is 0 Å². The first-order chi connectivity index (χ1) is 10.2. The largest absolute Gasteiger partial charge is 0.310 e. The van der Waals surface area contributed by atoms with E-state index in [2.05, 4.69) is 29.6 Å². The van der Waals surface area contributed by atoms with Gasteiger partial charge in [-0.1, -0.05) is 41.4 Å². The Morgan fingerprint density at radius 3 is 2.62 bits per heavy atom. The van der Waals surface area contributed by atoms with Gasteiger partial charge in [0.15, 0.2) is 0 Å². The zero-order valence-electron chi connectivity index (χ0n) is 11.6. The summed E-state index contributed by atoms with van der Waals surface area (Å²) in [6.45, 7) is 0.964. The predicted octanol–water partition coefficient (Wildman–Crippen LogP) is 5.54. The van der Waals surface area contributed by atoms with Crippen LogP contribution in [0.1, 0.15) is 24.0 Å². The van der Waals surface area contributed by atoms with Gasteiger partial charge in [0, 0.05) is 23.2 Å². The molecule has 2 aromatic rings. The number of halogens is 2. The molecule has 1 N–H and O–H groups in total. The molecule has 21 heavy (non-hydrogen) atoms. The molecule has 0 unspecified atom stereocenters. The van der Waals surface area contributed by atoms with Crippen molar-refractivity contribution in [1.82, 2.24) is 5.32 Å². The van der Waals surface area contributed by atoms with Crippen molar-refractivity contribution in [3.05, 3.63) is 63.6 Å². The SMILES string of the molecule is Clc1ccc(CSc2cccc(CNC3CC3)c2)cc1Cl. The average Bonchev–Trinajstić information content (AvgIpc) is 3.31. The Kier molecular flexibility index (Phi) is 5.12. The fraction of sp³-hybridized carbons (Fsp3) is 0.294. The first-order valence-corrected chi connectivity index (χ1v) is 8.84. The summed E-state index contributed by atoms with van der Waals surface area (Å²) in [6.07, 6.45) is 2.65. The van der Waals surface area contributed by atoms with Gasteiger partial charge in [-0.15, -0.1) is 11.8 Å². The van der Waals surface area contributed by atoms with Crippen molar-refractivity contribution in [2.45, 2.75) is 36.1 Å². The first kappa shape index (κ1) is 15.2. The van der Waals surface area contributed by atoms with E-state index in [1.54, 1.807) is 0 Å². The highest BCUT2D eigenvalue weighted by molar-refractivity contribution is 7.98. The molecule has 0 radical (unpaired) electrons. The summed E-state index contributed by atoms with van der Waals surface area (Å²) in [6, 6.07) is 15.3. The second kappa shape index (κ2) is 7.06. The van der Waals surface area contributed by atoms with Gasteiger partial charge in [0.05, 0.1) is 10.0 Å². The van der Waals surface area contributed by atoms with Crippen LogP contribution in [0.15, 0.2) is 47.4 Å². The molecule has 1 aliphatic rings. The third-order valence-corrected chi connectivity index (χ3v) is 5.26. The van der Waals surface area contributed by atoms with Crippen LogP contribution in [-0.2, 0) is 12.3 Å². The standard InChI is InChI=1S/C17H17Cl2NS/c18-16-7-4-13(9-17(16)19)11-21-15-3-1-2-12(8-15)10-20-14-5-6-14/h1-4,7-9,14,20H,5-6,10-11H2. The lowest BCUT2D eigenvalue weighted by molar-refractivity contribution is 0.687. The maximum absolute atomic E-state index is 6.05. The van der Waals surface area contributed by atoms with E-state index in [1.807, 2.05) is 30.0 Å². The Morgan fingerprint density at radius 2 is 1.86 bits per heavy atom. The van der Waals surface area contributed by atoms with Gasteiger partial charge >= 0.3 is 0 Å². The van der Waals surface area contributed by atoms with Gasteiger partial charge in [-0.25, -0.2) is 0 Å². The molecule has 1 fully saturated rings. The number of rotatable bonds is 6. The molecule has 110 valence electrons. The lowest BCUT2D eigenvalue weighted by Crippen LogP contribution is -2.15. The van der Waals surface area contributed by atoms with Crippen LogP contribution in [0.25, 0.3) is 0 Å². The van der Waals surface area contributed by atoms with Gasteiger partial charge < -0.3 is 5.32 Å². The Labute approximate surface area is 140 Å². The predicted molar refractivity (Wildman–Crippen MR) is 92.3 cm³/mol. The lowest BCUT2D eigenvalue weighted by atomic mass is 10.2. The summed E-state index contributed by atoms with van der Waals surface area (Å²) in [5.41, 5.74) is 2.54. The first-order valence-electron chi connectivity index (χ1n) is 7.10. The Morgan fingerprint density at radius 1 is 1.00 bits per heavy atom. The zero-order valence-corrected chi connectivity index (χ0v) is 13.9. The third kappa shape index (κ3) is 4.65. The molecule has 2 aromatic carbocycles. The Balaban J connectivity index is 1.58. The second-order valence-corrected chi connectivity index (χ2v) is 7.20. The second-order valence-electron chi connectivity index (χ2n) is 5.34. The van der Waals surface area contributed by atoms with E-state index in [-0.39, 0.29) is 0 Å². The van der Waals surface area contributed by atoms with Crippen LogP contribution in [0.2, 0.25) is 10.0 Å². The molecule has 0 heterocycles. The van der Waals surface area contributed by atoms with E-state index >= 15 is 0 Å². The number of thioether (sulfide) groups is 1. The molecule has 1 saturated carbocycles. The monoisotopic (exact) mass is 337 g/mol. The van der Waals surface area contributed by atoms with Crippen molar-refractivity contribution in [3.63, 3.8) is 0 Å². The van der Waals surface area contributed by atoms with Gasteiger partial charge in [-0.05, 0) is 48.2 Å². The summed E-state index contributed by atoms with van der Waals surface area (Å²) in [4.78, 5) is 1.29. The van der Waals surface area contributed by atoms with Crippen molar-refractivity contribution in [2.75, 3.05) is 0 Å². The van der Waals surface area contributed by atoms with E-state index < -0.39 is 0 Å². The Bertz CT molecular complexity index is 626. The molecule has 0 saturated heterocycles. The molecule has 0 spiro atoms. The lowest BCUT2D eigenvalue weighted by Gasteiger charge is -2.07. The molecule has 0 amide bonds. The summed E-state index contributed by atoms with van der Waals surface area (Å²) in [5.74, 6) is 0.899. The van der Waals surface area contributed by atoms with Crippen LogP contribution in [0.5, 0.6) is 0 Å². The molecule has 0 aliphatic heterocycles. The van der Waals surface area contributed by atoms with Gasteiger partial charge in [-0.3, -0.25) is 0 Å². The van der Waals surface area contributed by atoms with E-state index in [9.17, 15) is 0 Å². The van der Waals surface area contributed by atoms with Gasteiger partial charge in [0.2, 0.25) is 0 Å². The molecule has 0 bridgehead atoms. The zero-order chi connectivity index (χ0) is 14.7. The minimum atomic E-state index is 0.610. The fourth-order valence-corrected chi connectivity index (χ4v) is 3.33. The summed E-state index contributed by atoms with van der Waals surface area (Å²) in [5, 5.41) is 4.78.